The van der Waals surface area contributed by atoms with Crippen molar-refractivity contribution in [2.75, 3.05) is 5.75 Å². The molecule has 0 saturated heterocycles. The van der Waals surface area contributed by atoms with Gasteiger partial charge in [0.1, 0.15) is 5.75 Å². The summed E-state index contributed by atoms with van der Waals surface area (Å²) in [6.45, 7) is 4.32. The van der Waals surface area contributed by atoms with Crippen LogP contribution in [0.15, 0.2) is 48.5 Å². The Bertz CT molecular complexity index is 854. The van der Waals surface area contributed by atoms with E-state index in [1.807, 2.05) is 36.4 Å². The Morgan fingerprint density at radius 1 is 1.00 bits per heavy atom. The Kier molecular flexibility index (Phi) is 7.30. The number of Topliss-reactive ketones (excluding diaryl/α,β-unsaturated/α-hetero) is 1. The highest BCUT2D eigenvalue weighted by Gasteiger charge is 2.18. The molecule has 5 nitrogen and oxygen atoms in total. The Morgan fingerprint density at radius 2 is 1.56 bits per heavy atom. The molecule has 146 valence electrons. The summed E-state index contributed by atoms with van der Waals surface area (Å²) >= 11 is 0. The molecular weight excluding hydrogens is 364 g/mol. The molecule has 0 aromatic heterocycles. The van der Waals surface area contributed by atoms with Crippen LogP contribution in [0, 0.1) is 0 Å². The van der Waals surface area contributed by atoms with Crippen LogP contribution in [-0.4, -0.2) is 29.6 Å². The van der Waals surface area contributed by atoms with Crippen molar-refractivity contribution in [1.29, 1.82) is 0 Å². The standard InChI is InChI=1S/C21H26O5S/c1-3-17(12-15(2)18-6-4-16(13-22)5-7-18)19-8-10-20(11-9-19)21(23)14-27(24,25)26/h4-11,15,17,22H,3,12-14H2,1-2H3,(H,24,25,26). The van der Waals surface area contributed by atoms with E-state index in [4.69, 9.17) is 9.66 Å². The molecule has 2 aromatic carbocycles. The third-order valence-electron chi connectivity index (χ3n) is 4.88. The predicted octanol–water partition coefficient (Wildman–Crippen LogP) is 3.94. The van der Waals surface area contributed by atoms with E-state index in [1.54, 1.807) is 12.1 Å². The minimum absolute atomic E-state index is 0.0366. The quantitative estimate of drug-likeness (QED) is 0.500. The number of ketones is 1. The minimum atomic E-state index is -4.32. The molecule has 0 heterocycles. The average Bonchev–Trinajstić information content (AvgIpc) is 2.64. The van der Waals surface area contributed by atoms with E-state index in [9.17, 15) is 13.2 Å². The van der Waals surface area contributed by atoms with Gasteiger partial charge in [0, 0.05) is 5.56 Å². The molecule has 2 atom stereocenters. The van der Waals surface area contributed by atoms with Crippen LogP contribution in [0.5, 0.6) is 0 Å². The maximum atomic E-state index is 11.9. The highest BCUT2D eigenvalue weighted by Crippen LogP contribution is 2.32. The predicted molar refractivity (Wildman–Crippen MR) is 106 cm³/mol. The Labute approximate surface area is 160 Å². The molecule has 0 amide bonds. The Balaban J connectivity index is 2.08. The second-order valence-electron chi connectivity index (χ2n) is 6.91. The highest BCUT2D eigenvalue weighted by molar-refractivity contribution is 7.86. The first-order chi connectivity index (χ1) is 12.7. The van der Waals surface area contributed by atoms with Crippen LogP contribution >= 0.6 is 0 Å². The summed E-state index contributed by atoms with van der Waals surface area (Å²) in [7, 11) is -4.32. The monoisotopic (exact) mass is 390 g/mol. The SMILES string of the molecule is CCC(CC(C)c1ccc(CO)cc1)c1ccc(C(=O)CS(=O)(=O)O)cc1. The number of hydrogen-bond donors (Lipinski definition) is 2. The first-order valence-electron chi connectivity index (χ1n) is 9.01. The third-order valence-corrected chi connectivity index (χ3v) is 5.51. The average molecular weight is 391 g/mol. The van der Waals surface area contributed by atoms with Crippen LogP contribution in [0.25, 0.3) is 0 Å². The van der Waals surface area contributed by atoms with E-state index in [0.29, 0.717) is 11.8 Å². The summed E-state index contributed by atoms with van der Waals surface area (Å²) in [5, 5.41) is 9.15. The van der Waals surface area contributed by atoms with E-state index >= 15 is 0 Å². The number of hydrogen-bond acceptors (Lipinski definition) is 4. The van der Waals surface area contributed by atoms with E-state index in [-0.39, 0.29) is 12.2 Å². The fourth-order valence-corrected chi connectivity index (χ4v) is 3.74. The van der Waals surface area contributed by atoms with E-state index in [1.165, 1.54) is 5.56 Å². The van der Waals surface area contributed by atoms with E-state index in [2.05, 4.69) is 13.8 Å². The van der Waals surface area contributed by atoms with Gasteiger partial charge in [0.25, 0.3) is 10.1 Å². The van der Waals surface area contributed by atoms with E-state index in [0.717, 1.165) is 24.0 Å². The lowest BCUT2D eigenvalue weighted by Gasteiger charge is -2.21. The van der Waals surface area contributed by atoms with Crippen LogP contribution in [0.4, 0.5) is 0 Å². The van der Waals surface area contributed by atoms with Gasteiger partial charge < -0.3 is 5.11 Å². The normalized spacial score (nSPS) is 13.9. The van der Waals surface area contributed by atoms with Crippen molar-refractivity contribution in [3.05, 3.63) is 70.8 Å². The molecule has 0 fully saturated rings. The zero-order chi connectivity index (χ0) is 20.0. The summed E-state index contributed by atoms with van der Waals surface area (Å²) in [5.74, 6) is -0.869. The lowest BCUT2D eigenvalue weighted by molar-refractivity contribution is 0.101. The summed E-state index contributed by atoms with van der Waals surface area (Å²) in [4.78, 5) is 11.9. The van der Waals surface area contributed by atoms with Gasteiger partial charge in [0.2, 0.25) is 0 Å². The molecular formula is C21H26O5S. The molecule has 0 radical (unpaired) electrons. The van der Waals surface area contributed by atoms with Crippen molar-refractivity contribution < 1.29 is 22.9 Å². The van der Waals surface area contributed by atoms with Gasteiger partial charge >= 0.3 is 0 Å². The third kappa shape index (κ3) is 6.27. The molecule has 2 unspecified atom stereocenters. The molecule has 0 aliphatic carbocycles. The molecule has 0 bridgehead atoms. The summed E-state index contributed by atoms with van der Waals surface area (Å²) in [6, 6.07) is 14.9. The number of rotatable bonds is 9. The zero-order valence-corrected chi connectivity index (χ0v) is 16.4. The molecule has 0 aliphatic heterocycles. The molecule has 2 N–H and O–H groups in total. The summed E-state index contributed by atoms with van der Waals surface area (Å²) in [5.41, 5.74) is 3.48. The fourth-order valence-electron chi connectivity index (χ4n) is 3.24. The van der Waals surface area contributed by atoms with Gasteiger partial charge in [0.15, 0.2) is 5.78 Å². The Hall–Kier alpha value is -2.02. The van der Waals surface area contributed by atoms with Crippen LogP contribution in [-0.2, 0) is 16.7 Å². The minimum Gasteiger partial charge on any atom is -0.392 e. The second-order valence-corrected chi connectivity index (χ2v) is 8.37. The van der Waals surface area contributed by atoms with Crippen molar-refractivity contribution in [2.24, 2.45) is 0 Å². The summed E-state index contributed by atoms with van der Waals surface area (Å²) in [6.07, 6.45) is 1.88. The van der Waals surface area contributed by atoms with Gasteiger partial charge in [-0.05, 0) is 41.4 Å². The van der Waals surface area contributed by atoms with E-state index < -0.39 is 21.7 Å². The number of benzene rings is 2. The van der Waals surface area contributed by atoms with Crippen molar-refractivity contribution in [2.45, 2.75) is 45.1 Å². The van der Waals surface area contributed by atoms with Gasteiger partial charge in [0.05, 0.1) is 6.61 Å². The molecule has 27 heavy (non-hydrogen) atoms. The van der Waals surface area contributed by atoms with Crippen molar-refractivity contribution in [3.8, 4) is 0 Å². The Morgan fingerprint density at radius 3 is 2.04 bits per heavy atom. The maximum Gasteiger partial charge on any atom is 0.272 e. The summed E-state index contributed by atoms with van der Waals surface area (Å²) < 4.78 is 30.5. The van der Waals surface area contributed by atoms with Crippen LogP contribution in [0.2, 0.25) is 0 Å². The number of carbonyl (C=O) groups excluding carboxylic acids is 1. The molecule has 2 aromatic rings. The van der Waals surface area contributed by atoms with Crippen molar-refractivity contribution in [1.82, 2.24) is 0 Å². The first kappa shape index (κ1) is 21.3. The highest BCUT2D eigenvalue weighted by atomic mass is 32.2. The molecule has 0 saturated carbocycles. The number of aliphatic hydroxyl groups is 1. The molecule has 0 spiro atoms. The molecule has 2 rings (SSSR count). The lowest BCUT2D eigenvalue weighted by atomic mass is 9.84. The smallest absolute Gasteiger partial charge is 0.272 e. The van der Waals surface area contributed by atoms with Gasteiger partial charge in [-0.2, -0.15) is 8.42 Å². The zero-order valence-electron chi connectivity index (χ0n) is 15.6. The first-order valence-corrected chi connectivity index (χ1v) is 10.6. The number of aliphatic hydroxyl groups excluding tert-OH is 1. The van der Waals surface area contributed by atoms with Gasteiger partial charge in [-0.1, -0.05) is 62.4 Å². The van der Waals surface area contributed by atoms with Crippen molar-refractivity contribution in [3.63, 3.8) is 0 Å². The largest absolute Gasteiger partial charge is 0.392 e. The lowest BCUT2D eigenvalue weighted by Crippen LogP contribution is -2.15. The topological polar surface area (TPSA) is 91.7 Å². The number of carbonyl (C=O) groups is 1. The maximum absolute atomic E-state index is 11.9. The van der Waals surface area contributed by atoms with Crippen molar-refractivity contribution >= 4 is 15.9 Å². The molecule has 0 aliphatic rings. The molecule has 6 heteroatoms. The van der Waals surface area contributed by atoms with Gasteiger partial charge in [-0.15, -0.1) is 0 Å². The van der Waals surface area contributed by atoms with Gasteiger partial charge in [-0.3, -0.25) is 9.35 Å². The van der Waals surface area contributed by atoms with Crippen LogP contribution in [0.3, 0.4) is 0 Å². The van der Waals surface area contributed by atoms with Crippen LogP contribution in [0.1, 0.15) is 65.6 Å². The fraction of sp³-hybridized carbons (Fsp3) is 0.381. The van der Waals surface area contributed by atoms with Gasteiger partial charge in [-0.25, -0.2) is 0 Å². The second kappa shape index (κ2) is 9.26. The van der Waals surface area contributed by atoms with Crippen LogP contribution < -0.4 is 0 Å².